The summed E-state index contributed by atoms with van der Waals surface area (Å²) in [5, 5.41) is -0.483. The van der Waals surface area contributed by atoms with Gasteiger partial charge in [0.15, 0.2) is 0 Å². The standard InChI is InChI=1S/C6H12O2S/c1-3-5(4-2)8-6(7)9/h5H,3-4H2,1-2H3,(H,7,9). The lowest BCUT2D eigenvalue weighted by Gasteiger charge is -2.10. The number of hydrogen-bond acceptors (Lipinski definition) is 2. The number of hydrogen-bond donors (Lipinski definition) is 1. The summed E-state index contributed by atoms with van der Waals surface area (Å²) in [6.45, 7) is 3.95. The highest BCUT2D eigenvalue weighted by atomic mass is 32.1. The van der Waals surface area contributed by atoms with Crippen molar-refractivity contribution in [2.45, 2.75) is 32.8 Å². The quantitative estimate of drug-likeness (QED) is 0.490. The molecule has 0 rings (SSSR count). The summed E-state index contributed by atoms with van der Waals surface area (Å²) >= 11 is 3.48. The van der Waals surface area contributed by atoms with Gasteiger partial charge in [-0.2, -0.15) is 0 Å². The molecule has 3 heteroatoms. The molecule has 0 aromatic heterocycles. The molecule has 0 N–H and O–H groups in total. The summed E-state index contributed by atoms with van der Waals surface area (Å²) < 4.78 is 4.77. The Labute approximate surface area is 61.0 Å². The van der Waals surface area contributed by atoms with E-state index >= 15 is 0 Å². The molecular formula is C6H12O2S. The summed E-state index contributed by atoms with van der Waals surface area (Å²) in [4.78, 5) is 10.2. The van der Waals surface area contributed by atoms with Gasteiger partial charge in [-0.25, -0.2) is 4.79 Å². The van der Waals surface area contributed by atoms with Crippen molar-refractivity contribution < 1.29 is 9.53 Å². The second-order valence-corrected chi connectivity index (χ2v) is 2.19. The molecular weight excluding hydrogens is 136 g/mol. The van der Waals surface area contributed by atoms with Crippen LogP contribution in [0.4, 0.5) is 4.79 Å². The van der Waals surface area contributed by atoms with Crippen LogP contribution in [0.25, 0.3) is 0 Å². The second kappa shape index (κ2) is 4.68. The molecule has 0 aromatic carbocycles. The first-order chi connectivity index (χ1) is 4.20. The van der Waals surface area contributed by atoms with Crippen molar-refractivity contribution in [3.05, 3.63) is 0 Å². The van der Waals surface area contributed by atoms with Gasteiger partial charge in [0.25, 0.3) is 0 Å². The fourth-order valence-corrected chi connectivity index (χ4v) is 0.747. The first-order valence-electron chi connectivity index (χ1n) is 3.10. The van der Waals surface area contributed by atoms with Crippen molar-refractivity contribution >= 4 is 17.9 Å². The number of rotatable bonds is 3. The van der Waals surface area contributed by atoms with E-state index in [0.29, 0.717) is 0 Å². The summed E-state index contributed by atoms with van der Waals surface area (Å²) in [5.74, 6) is 0. The summed E-state index contributed by atoms with van der Waals surface area (Å²) in [7, 11) is 0. The molecule has 0 radical (unpaired) electrons. The molecule has 0 saturated carbocycles. The fraction of sp³-hybridized carbons (Fsp3) is 0.833. The minimum absolute atomic E-state index is 0.0509. The topological polar surface area (TPSA) is 26.3 Å². The maximum Gasteiger partial charge on any atom is 0.364 e. The van der Waals surface area contributed by atoms with Gasteiger partial charge in [-0.3, -0.25) is 0 Å². The van der Waals surface area contributed by atoms with E-state index < -0.39 is 5.30 Å². The molecule has 0 bridgehead atoms. The zero-order valence-corrected chi connectivity index (χ0v) is 6.65. The first-order valence-corrected chi connectivity index (χ1v) is 3.55. The van der Waals surface area contributed by atoms with Gasteiger partial charge < -0.3 is 4.74 Å². The van der Waals surface area contributed by atoms with Crippen molar-refractivity contribution in [2.75, 3.05) is 0 Å². The number of ether oxygens (including phenoxy) is 1. The van der Waals surface area contributed by atoms with Gasteiger partial charge in [-0.15, -0.1) is 0 Å². The Morgan fingerprint density at radius 1 is 1.56 bits per heavy atom. The van der Waals surface area contributed by atoms with Crippen LogP contribution in [-0.4, -0.2) is 11.4 Å². The van der Waals surface area contributed by atoms with E-state index in [9.17, 15) is 4.79 Å². The number of carbonyl (C=O) groups is 1. The zero-order chi connectivity index (χ0) is 7.28. The van der Waals surface area contributed by atoms with Gasteiger partial charge in [-0.1, -0.05) is 26.5 Å². The van der Waals surface area contributed by atoms with E-state index in [0.717, 1.165) is 12.8 Å². The van der Waals surface area contributed by atoms with E-state index in [-0.39, 0.29) is 6.10 Å². The van der Waals surface area contributed by atoms with E-state index in [1.165, 1.54) is 0 Å². The molecule has 0 aliphatic heterocycles. The molecule has 0 atom stereocenters. The largest absolute Gasteiger partial charge is 0.454 e. The first kappa shape index (κ1) is 8.82. The summed E-state index contributed by atoms with van der Waals surface area (Å²) in [6, 6.07) is 0. The highest BCUT2D eigenvalue weighted by Gasteiger charge is 2.05. The van der Waals surface area contributed by atoms with Crippen LogP contribution >= 0.6 is 12.6 Å². The van der Waals surface area contributed by atoms with Crippen LogP contribution < -0.4 is 0 Å². The third kappa shape index (κ3) is 4.33. The minimum atomic E-state index is -0.483. The lowest BCUT2D eigenvalue weighted by molar-refractivity contribution is 0.118. The summed E-state index contributed by atoms with van der Waals surface area (Å²) in [5.41, 5.74) is 0. The molecule has 0 unspecified atom stereocenters. The van der Waals surface area contributed by atoms with Crippen LogP contribution in [0.1, 0.15) is 26.7 Å². The van der Waals surface area contributed by atoms with Gasteiger partial charge in [0.05, 0.1) is 0 Å². The van der Waals surface area contributed by atoms with Crippen LogP contribution in [0.2, 0.25) is 0 Å². The highest BCUT2D eigenvalue weighted by molar-refractivity contribution is 7.96. The molecule has 2 nitrogen and oxygen atoms in total. The second-order valence-electron chi connectivity index (χ2n) is 1.82. The fourth-order valence-electron chi connectivity index (χ4n) is 0.598. The number of thiol groups is 1. The third-order valence-electron chi connectivity index (χ3n) is 1.18. The normalized spacial score (nSPS) is 9.78. The lowest BCUT2D eigenvalue weighted by atomic mass is 10.2. The Balaban J connectivity index is 3.43. The van der Waals surface area contributed by atoms with Crippen molar-refractivity contribution in [3.8, 4) is 0 Å². The predicted molar refractivity (Wildman–Crippen MR) is 39.8 cm³/mol. The van der Waals surface area contributed by atoms with Crippen LogP contribution in [0, 0.1) is 0 Å². The molecule has 9 heavy (non-hydrogen) atoms. The van der Waals surface area contributed by atoms with Crippen molar-refractivity contribution in [1.82, 2.24) is 0 Å². The molecule has 0 saturated heterocycles. The maximum atomic E-state index is 10.2. The molecule has 0 amide bonds. The van der Waals surface area contributed by atoms with Crippen LogP contribution in [0.5, 0.6) is 0 Å². The van der Waals surface area contributed by atoms with Crippen LogP contribution in [0.15, 0.2) is 0 Å². The van der Waals surface area contributed by atoms with Gasteiger partial charge in [0.2, 0.25) is 0 Å². The van der Waals surface area contributed by atoms with Crippen molar-refractivity contribution in [3.63, 3.8) is 0 Å². The van der Waals surface area contributed by atoms with Gasteiger partial charge in [-0.05, 0) is 12.8 Å². The van der Waals surface area contributed by atoms with E-state index in [2.05, 4.69) is 12.6 Å². The van der Waals surface area contributed by atoms with E-state index in [1.807, 2.05) is 13.8 Å². The molecule has 0 heterocycles. The number of carbonyl (C=O) groups excluding carboxylic acids is 1. The minimum Gasteiger partial charge on any atom is -0.454 e. The van der Waals surface area contributed by atoms with E-state index in [4.69, 9.17) is 4.74 Å². The SMILES string of the molecule is CCC(CC)OC(=O)S. The molecule has 0 aliphatic rings. The Morgan fingerprint density at radius 3 is 2.11 bits per heavy atom. The van der Waals surface area contributed by atoms with E-state index in [1.54, 1.807) is 0 Å². The van der Waals surface area contributed by atoms with Crippen LogP contribution in [0.3, 0.4) is 0 Å². The maximum absolute atomic E-state index is 10.2. The summed E-state index contributed by atoms with van der Waals surface area (Å²) in [6.07, 6.45) is 1.78. The molecule has 54 valence electrons. The smallest absolute Gasteiger partial charge is 0.364 e. The van der Waals surface area contributed by atoms with Crippen molar-refractivity contribution in [1.29, 1.82) is 0 Å². The van der Waals surface area contributed by atoms with Gasteiger partial charge in [0, 0.05) is 0 Å². The molecule has 0 aromatic rings. The van der Waals surface area contributed by atoms with Gasteiger partial charge in [0.1, 0.15) is 6.10 Å². The third-order valence-corrected chi connectivity index (χ3v) is 1.28. The van der Waals surface area contributed by atoms with Crippen molar-refractivity contribution in [2.24, 2.45) is 0 Å². The zero-order valence-electron chi connectivity index (χ0n) is 5.76. The Bertz CT molecular complexity index is 89.1. The Morgan fingerprint density at radius 2 is 2.00 bits per heavy atom. The average Bonchev–Trinajstić information content (AvgIpc) is 1.82. The monoisotopic (exact) mass is 148 g/mol. The predicted octanol–water partition coefficient (Wildman–Crippen LogP) is 2.24. The Kier molecular flexibility index (Phi) is 4.58. The molecule has 0 fully saturated rings. The molecule has 0 aliphatic carbocycles. The molecule has 0 spiro atoms. The average molecular weight is 148 g/mol. The Hall–Kier alpha value is -0.180. The van der Waals surface area contributed by atoms with Crippen LogP contribution in [-0.2, 0) is 4.74 Å². The highest BCUT2D eigenvalue weighted by Crippen LogP contribution is 2.04. The van der Waals surface area contributed by atoms with Gasteiger partial charge >= 0.3 is 5.30 Å². The lowest BCUT2D eigenvalue weighted by Crippen LogP contribution is -2.11.